The Balaban J connectivity index is 1.94. The molecule has 5 nitrogen and oxygen atoms in total. The Morgan fingerprint density at radius 2 is 2.11 bits per heavy atom. The second-order valence-electron chi connectivity index (χ2n) is 4.90. The first-order valence-corrected chi connectivity index (χ1v) is 6.34. The highest BCUT2D eigenvalue weighted by Gasteiger charge is 2.24. The molecule has 0 amide bonds. The van der Waals surface area contributed by atoms with E-state index in [1.807, 2.05) is 12.1 Å². The van der Waals surface area contributed by atoms with Crippen LogP contribution in [0.5, 0.6) is 0 Å². The molecule has 2 atom stereocenters. The molecule has 1 saturated heterocycles. The van der Waals surface area contributed by atoms with Crippen molar-refractivity contribution in [3.05, 3.63) is 24.5 Å². The van der Waals surface area contributed by atoms with Crippen LogP contribution in [0.1, 0.15) is 19.8 Å². The zero-order valence-electron chi connectivity index (χ0n) is 10.5. The summed E-state index contributed by atoms with van der Waals surface area (Å²) in [5, 5.41) is 0. The summed E-state index contributed by atoms with van der Waals surface area (Å²) in [5.41, 5.74) is 7.53. The van der Waals surface area contributed by atoms with E-state index in [4.69, 9.17) is 5.73 Å². The van der Waals surface area contributed by atoms with E-state index in [0.717, 1.165) is 30.7 Å². The molecule has 3 heterocycles. The highest BCUT2D eigenvalue weighted by Crippen LogP contribution is 2.23. The fourth-order valence-electron chi connectivity index (χ4n) is 2.55. The molecule has 0 saturated carbocycles. The number of rotatable bonds is 1. The fourth-order valence-corrected chi connectivity index (χ4v) is 2.55. The molecule has 2 aromatic rings. The van der Waals surface area contributed by atoms with Gasteiger partial charge in [-0.25, -0.2) is 9.97 Å². The SMILES string of the molecule is CC1CC(N)CCN1c1ccc2nccnc2n1. The topological polar surface area (TPSA) is 67.9 Å². The maximum absolute atomic E-state index is 5.99. The normalized spacial score (nSPS) is 24.4. The molecule has 2 N–H and O–H groups in total. The van der Waals surface area contributed by atoms with E-state index in [2.05, 4.69) is 26.8 Å². The van der Waals surface area contributed by atoms with Crippen LogP contribution in [0.15, 0.2) is 24.5 Å². The van der Waals surface area contributed by atoms with Crippen molar-refractivity contribution in [1.29, 1.82) is 0 Å². The van der Waals surface area contributed by atoms with Crippen LogP contribution in [0.2, 0.25) is 0 Å². The molecular formula is C13H17N5. The van der Waals surface area contributed by atoms with Gasteiger partial charge in [-0.2, -0.15) is 0 Å². The number of nitrogens with zero attached hydrogens (tertiary/aromatic N) is 4. The summed E-state index contributed by atoms with van der Waals surface area (Å²) in [4.78, 5) is 15.4. The number of nitrogens with two attached hydrogens (primary N) is 1. The van der Waals surface area contributed by atoms with Crippen molar-refractivity contribution in [3.8, 4) is 0 Å². The molecule has 94 valence electrons. The monoisotopic (exact) mass is 243 g/mol. The van der Waals surface area contributed by atoms with E-state index in [1.54, 1.807) is 12.4 Å². The van der Waals surface area contributed by atoms with Crippen molar-refractivity contribution in [2.24, 2.45) is 5.73 Å². The minimum Gasteiger partial charge on any atom is -0.354 e. The van der Waals surface area contributed by atoms with E-state index >= 15 is 0 Å². The van der Waals surface area contributed by atoms with Gasteiger partial charge in [-0.1, -0.05) is 0 Å². The van der Waals surface area contributed by atoms with Gasteiger partial charge in [0.05, 0.1) is 0 Å². The number of hydrogen-bond donors (Lipinski definition) is 1. The van der Waals surface area contributed by atoms with Crippen LogP contribution >= 0.6 is 0 Å². The molecule has 0 spiro atoms. The average Bonchev–Trinajstić information content (AvgIpc) is 2.38. The minimum absolute atomic E-state index is 0.316. The fraction of sp³-hybridized carbons (Fsp3) is 0.462. The Labute approximate surface area is 106 Å². The van der Waals surface area contributed by atoms with Crippen molar-refractivity contribution in [2.75, 3.05) is 11.4 Å². The second kappa shape index (κ2) is 4.49. The second-order valence-corrected chi connectivity index (χ2v) is 4.90. The summed E-state index contributed by atoms with van der Waals surface area (Å²) in [5.74, 6) is 0.974. The molecule has 0 bridgehead atoms. The van der Waals surface area contributed by atoms with E-state index in [0.29, 0.717) is 17.7 Å². The Morgan fingerprint density at radius 3 is 2.94 bits per heavy atom. The molecule has 3 rings (SSSR count). The van der Waals surface area contributed by atoms with Gasteiger partial charge in [-0.15, -0.1) is 0 Å². The summed E-state index contributed by atoms with van der Waals surface area (Å²) in [6.45, 7) is 3.16. The van der Waals surface area contributed by atoms with Gasteiger partial charge in [0.1, 0.15) is 11.3 Å². The molecule has 1 aliphatic rings. The highest BCUT2D eigenvalue weighted by molar-refractivity contribution is 5.71. The Hall–Kier alpha value is -1.75. The molecule has 0 aromatic carbocycles. The van der Waals surface area contributed by atoms with Crippen LogP contribution in [0, 0.1) is 0 Å². The van der Waals surface area contributed by atoms with Crippen molar-refractivity contribution in [3.63, 3.8) is 0 Å². The Kier molecular flexibility index (Phi) is 2.83. The molecular weight excluding hydrogens is 226 g/mol. The first kappa shape index (κ1) is 11.3. The third-order valence-corrected chi connectivity index (χ3v) is 3.53. The van der Waals surface area contributed by atoms with Crippen LogP contribution in [-0.4, -0.2) is 33.6 Å². The lowest BCUT2D eigenvalue weighted by Crippen LogP contribution is -2.46. The van der Waals surface area contributed by atoms with Crippen LogP contribution in [0.4, 0.5) is 5.82 Å². The van der Waals surface area contributed by atoms with Gasteiger partial charge in [-0.3, -0.25) is 4.98 Å². The number of hydrogen-bond acceptors (Lipinski definition) is 5. The van der Waals surface area contributed by atoms with Gasteiger partial charge < -0.3 is 10.6 Å². The average molecular weight is 243 g/mol. The van der Waals surface area contributed by atoms with E-state index in [9.17, 15) is 0 Å². The van der Waals surface area contributed by atoms with E-state index < -0.39 is 0 Å². The Bertz CT molecular complexity index is 556. The quantitative estimate of drug-likeness (QED) is 0.818. The third-order valence-electron chi connectivity index (χ3n) is 3.53. The van der Waals surface area contributed by atoms with Crippen molar-refractivity contribution in [1.82, 2.24) is 15.0 Å². The van der Waals surface area contributed by atoms with E-state index in [1.165, 1.54) is 0 Å². The summed E-state index contributed by atoms with van der Waals surface area (Å²) in [6, 6.07) is 4.74. The van der Waals surface area contributed by atoms with Crippen molar-refractivity contribution in [2.45, 2.75) is 31.8 Å². The lowest BCUT2D eigenvalue weighted by molar-refractivity contribution is 0.427. The smallest absolute Gasteiger partial charge is 0.180 e. The largest absolute Gasteiger partial charge is 0.354 e. The molecule has 0 aliphatic carbocycles. The maximum Gasteiger partial charge on any atom is 0.180 e. The molecule has 1 aliphatic heterocycles. The van der Waals surface area contributed by atoms with Crippen LogP contribution in [0.3, 0.4) is 0 Å². The van der Waals surface area contributed by atoms with Gasteiger partial charge in [-0.05, 0) is 31.9 Å². The van der Waals surface area contributed by atoms with Crippen molar-refractivity contribution >= 4 is 17.0 Å². The molecule has 2 unspecified atom stereocenters. The summed E-state index contributed by atoms with van der Waals surface area (Å²) >= 11 is 0. The zero-order valence-corrected chi connectivity index (χ0v) is 10.5. The summed E-state index contributed by atoms with van der Waals surface area (Å²) in [7, 11) is 0. The first-order valence-electron chi connectivity index (χ1n) is 6.34. The molecule has 2 aromatic heterocycles. The van der Waals surface area contributed by atoms with Gasteiger partial charge in [0.25, 0.3) is 0 Å². The Morgan fingerprint density at radius 1 is 1.28 bits per heavy atom. The van der Waals surface area contributed by atoms with E-state index in [-0.39, 0.29) is 0 Å². The number of piperidine rings is 1. The van der Waals surface area contributed by atoms with Crippen LogP contribution < -0.4 is 10.6 Å². The standard InChI is InChI=1S/C13H17N5/c1-9-8-10(14)4-7-18(9)12-3-2-11-13(17-12)16-6-5-15-11/h2-3,5-6,9-10H,4,7-8,14H2,1H3. The number of anilines is 1. The van der Waals surface area contributed by atoms with Gasteiger partial charge in [0, 0.05) is 31.0 Å². The highest BCUT2D eigenvalue weighted by atomic mass is 15.2. The number of aromatic nitrogens is 3. The van der Waals surface area contributed by atoms with Gasteiger partial charge >= 0.3 is 0 Å². The maximum atomic E-state index is 5.99. The molecule has 0 radical (unpaired) electrons. The lowest BCUT2D eigenvalue weighted by Gasteiger charge is -2.37. The van der Waals surface area contributed by atoms with Gasteiger partial charge in [0.2, 0.25) is 0 Å². The van der Waals surface area contributed by atoms with Crippen LogP contribution in [-0.2, 0) is 0 Å². The predicted octanol–water partition coefficient (Wildman–Crippen LogP) is 1.34. The van der Waals surface area contributed by atoms with Crippen LogP contribution in [0.25, 0.3) is 11.2 Å². The number of fused-ring (bicyclic) bond motifs is 1. The zero-order chi connectivity index (χ0) is 12.5. The molecule has 5 heteroatoms. The lowest BCUT2D eigenvalue weighted by atomic mass is 9.99. The van der Waals surface area contributed by atoms with Crippen molar-refractivity contribution < 1.29 is 0 Å². The predicted molar refractivity (Wildman–Crippen MR) is 71.4 cm³/mol. The first-order chi connectivity index (χ1) is 8.74. The minimum atomic E-state index is 0.316. The third kappa shape index (κ3) is 2.01. The number of pyridine rings is 1. The molecule has 1 fully saturated rings. The summed E-state index contributed by atoms with van der Waals surface area (Å²) in [6.07, 6.45) is 5.39. The van der Waals surface area contributed by atoms with Gasteiger partial charge in [0.15, 0.2) is 5.65 Å². The summed E-state index contributed by atoms with van der Waals surface area (Å²) < 4.78 is 0. The molecule has 18 heavy (non-hydrogen) atoms.